The minimum atomic E-state index is -2.89. The quantitative estimate of drug-likeness (QED) is 0.729. The van der Waals surface area contributed by atoms with E-state index in [1.807, 2.05) is 32.1 Å². The Hall–Kier alpha value is -1.41. The van der Waals surface area contributed by atoms with Gasteiger partial charge in [0.15, 0.2) is 9.84 Å². The molecule has 1 N–H and O–H groups in total. The summed E-state index contributed by atoms with van der Waals surface area (Å²) in [6.45, 7) is 1.82. The van der Waals surface area contributed by atoms with Gasteiger partial charge in [0.25, 0.3) is 0 Å². The first-order valence-electron chi connectivity index (χ1n) is 7.52. The molecule has 124 valence electrons. The van der Waals surface area contributed by atoms with Gasteiger partial charge >= 0.3 is 0 Å². The van der Waals surface area contributed by atoms with Gasteiger partial charge < -0.3 is 15.1 Å². The lowest BCUT2D eigenvalue weighted by Crippen LogP contribution is -2.33. The molecule has 2 rings (SSSR count). The molecule has 0 spiro atoms. The highest BCUT2D eigenvalue weighted by Gasteiger charge is 2.31. The predicted molar refractivity (Wildman–Crippen MR) is 89.2 cm³/mol. The van der Waals surface area contributed by atoms with Crippen LogP contribution in [0.2, 0.25) is 0 Å². The third kappa shape index (κ3) is 4.81. The van der Waals surface area contributed by atoms with Crippen LogP contribution in [0, 0.1) is 0 Å². The Bertz CT molecular complexity index is 591. The molecule has 1 fully saturated rings. The second-order valence-corrected chi connectivity index (χ2v) is 8.22. The van der Waals surface area contributed by atoms with Crippen LogP contribution in [-0.4, -0.2) is 75.1 Å². The van der Waals surface area contributed by atoms with E-state index >= 15 is 0 Å². The monoisotopic (exact) mass is 327 g/mol. The fraction of sp³-hybridized carbons (Fsp3) is 0.714. The highest BCUT2D eigenvalue weighted by atomic mass is 32.2. The summed E-state index contributed by atoms with van der Waals surface area (Å²) in [4.78, 5) is 12.8. The van der Waals surface area contributed by atoms with Gasteiger partial charge in [0.05, 0.1) is 11.5 Å². The molecule has 0 bridgehead atoms. The number of sulfone groups is 1. The molecule has 0 amide bonds. The fourth-order valence-corrected chi connectivity index (χ4v) is 4.27. The highest BCUT2D eigenvalue weighted by molar-refractivity contribution is 7.91. The molecule has 1 saturated heterocycles. The van der Waals surface area contributed by atoms with Crippen molar-refractivity contribution >= 4 is 21.6 Å². The Morgan fingerprint density at radius 3 is 2.77 bits per heavy atom. The van der Waals surface area contributed by atoms with E-state index < -0.39 is 9.84 Å². The van der Waals surface area contributed by atoms with Crippen molar-refractivity contribution < 1.29 is 8.42 Å². The van der Waals surface area contributed by atoms with Crippen molar-refractivity contribution in [3.8, 4) is 0 Å². The molecule has 1 aliphatic rings. The average Bonchev–Trinajstić information content (AvgIpc) is 2.83. The van der Waals surface area contributed by atoms with Crippen LogP contribution in [0.5, 0.6) is 0 Å². The molecule has 8 heteroatoms. The molecule has 7 nitrogen and oxygen atoms in total. The Morgan fingerprint density at radius 2 is 2.14 bits per heavy atom. The maximum atomic E-state index is 11.6. The first-order chi connectivity index (χ1) is 10.4. The van der Waals surface area contributed by atoms with Gasteiger partial charge in [-0.1, -0.05) is 0 Å². The van der Waals surface area contributed by atoms with E-state index in [4.69, 9.17) is 0 Å². The second-order valence-electron chi connectivity index (χ2n) is 5.99. The van der Waals surface area contributed by atoms with Crippen LogP contribution in [0.4, 0.5) is 11.8 Å². The zero-order chi connectivity index (χ0) is 16.2. The van der Waals surface area contributed by atoms with Gasteiger partial charge in [-0.3, -0.25) is 0 Å². The summed E-state index contributed by atoms with van der Waals surface area (Å²) >= 11 is 0. The van der Waals surface area contributed by atoms with Gasteiger partial charge in [0.1, 0.15) is 5.82 Å². The zero-order valence-electron chi connectivity index (χ0n) is 13.5. The normalized spacial score (nSPS) is 20.3. The van der Waals surface area contributed by atoms with Crippen LogP contribution in [-0.2, 0) is 9.84 Å². The Morgan fingerprint density at radius 1 is 1.36 bits per heavy atom. The highest BCUT2D eigenvalue weighted by Crippen LogP contribution is 2.21. The summed E-state index contributed by atoms with van der Waals surface area (Å²) in [5, 5.41) is 3.21. The Balaban J connectivity index is 1.93. The fourth-order valence-electron chi connectivity index (χ4n) is 2.49. The number of aromatic nitrogens is 2. The lowest BCUT2D eigenvalue weighted by atomic mass is 10.2. The van der Waals surface area contributed by atoms with E-state index in [9.17, 15) is 8.42 Å². The van der Waals surface area contributed by atoms with Gasteiger partial charge in [0, 0.05) is 25.8 Å². The van der Waals surface area contributed by atoms with Crippen molar-refractivity contribution in [3.05, 3.63) is 12.3 Å². The largest absolute Gasteiger partial charge is 0.355 e. The summed E-state index contributed by atoms with van der Waals surface area (Å²) in [5.74, 6) is 1.82. The van der Waals surface area contributed by atoms with Gasteiger partial charge in [0.2, 0.25) is 5.95 Å². The molecule has 1 aromatic heterocycles. The first kappa shape index (κ1) is 17.0. The van der Waals surface area contributed by atoms with E-state index in [0.29, 0.717) is 12.4 Å². The summed E-state index contributed by atoms with van der Waals surface area (Å²) in [6, 6.07) is 1.82. The van der Waals surface area contributed by atoms with Crippen molar-refractivity contribution in [1.82, 2.24) is 14.9 Å². The zero-order valence-corrected chi connectivity index (χ0v) is 14.3. The third-order valence-corrected chi connectivity index (χ3v) is 5.57. The minimum absolute atomic E-state index is 0.00138. The molecule has 2 heterocycles. The van der Waals surface area contributed by atoms with Crippen molar-refractivity contribution in [2.75, 3.05) is 56.0 Å². The van der Waals surface area contributed by atoms with Crippen molar-refractivity contribution in [3.63, 3.8) is 0 Å². The van der Waals surface area contributed by atoms with E-state index in [2.05, 4.69) is 20.2 Å². The smallest absolute Gasteiger partial charge is 0.224 e. The molecule has 0 aliphatic carbocycles. The summed E-state index contributed by atoms with van der Waals surface area (Å²) in [7, 11) is 3.09. The summed E-state index contributed by atoms with van der Waals surface area (Å²) in [6.07, 6.45) is 3.38. The van der Waals surface area contributed by atoms with E-state index in [1.165, 1.54) is 0 Å². The van der Waals surface area contributed by atoms with Gasteiger partial charge in [-0.25, -0.2) is 13.4 Å². The molecule has 0 radical (unpaired) electrons. The SMILES string of the molecule is CN(C)CCCNc1nccc(N(C)C2CCS(=O)(=O)C2)n1. The number of rotatable bonds is 7. The lowest BCUT2D eigenvalue weighted by molar-refractivity contribution is 0.405. The van der Waals surface area contributed by atoms with Crippen LogP contribution in [0.25, 0.3) is 0 Å². The molecule has 1 aromatic rings. The maximum absolute atomic E-state index is 11.6. The molecule has 0 saturated carbocycles. The number of hydrogen-bond acceptors (Lipinski definition) is 7. The van der Waals surface area contributed by atoms with E-state index in [1.54, 1.807) is 6.20 Å². The topological polar surface area (TPSA) is 78.4 Å². The average molecular weight is 327 g/mol. The lowest BCUT2D eigenvalue weighted by Gasteiger charge is -2.24. The number of nitrogens with one attached hydrogen (secondary N) is 1. The first-order valence-corrected chi connectivity index (χ1v) is 9.34. The molecule has 1 unspecified atom stereocenters. The Labute approximate surface area is 132 Å². The summed E-state index contributed by atoms with van der Waals surface area (Å²) in [5.41, 5.74) is 0. The number of nitrogens with zero attached hydrogens (tertiary/aromatic N) is 4. The molecule has 22 heavy (non-hydrogen) atoms. The van der Waals surface area contributed by atoms with Crippen LogP contribution in [0.1, 0.15) is 12.8 Å². The number of hydrogen-bond donors (Lipinski definition) is 1. The molecule has 1 atom stereocenters. The van der Waals surface area contributed by atoms with Gasteiger partial charge in [-0.15, -0.1) is 0 Å². The van der Waals surface area contributed by atoms with Gasteiger partial charge in [-0.05, 0) is 39.5 Å². The standard InChI is InChI=1S/C14H25N5O2S/c1-18(2)9-4-7-15-14-16-8-5-13(17-14)19(3)12-6-10-22(20,21)11-12/h5,8,12H,4,6-7,9-11H2,1-3H3,(H,15,16,17). The van der Waals surface area contributed by atoms with Crippen LogP contribution >= 0.6 is 0 Å². The molecular weight excluding hydrogens is 302 g/mol. The molecule has 1 aliphatic heterocycles. The van der Waals surface area contributed by atoms with Gasteiger partial charge in [-0.2, -0.15) is 4.98 Å². The number of anilines is 2. The van der Waals surface area contributed by atoms with E-state index in [0.717, 1.165) is 25.3 Å². The minimum Gasteiger partial charge on any atom is -0.355 e. The summed E-state index contributed by atoms with van der Waals surface area (Å²) < 4.78 is 23.2. The van der Waals surface area contributed by atoms with Crippen molar-refractivity contribution in [2.24, 2.45) is 0 Å². The second kappa shape index (κ2) is 7.23. The predicted octanol–water partition coefficient (Wildman–Crippen LogP) is 0.464. The van der Waals surface area contributed by atoms with Crippen molar-refractivity contribution in [1.29, 1.82) is 0 Å². The maximum Gasteiger partial charge on any atom is 0.224 e. The van der Waals surface area contributed by atoms with Crippen molar-refractivity contribution in [2.45, 2.75) is 18.9 Å². The third-order valence-electron chi connectivity index (χ3n) is 3.82. The molecule has 0 aromatic carbocycles. The van der Waals surface area contributed by atoms with Crippen LogP contribution in [0.3, 0.4) is 0 Å². The van der Waals surface area contributed by atoms with E-state index in [-0.39, 0.29) is 17.5 Å². The van der Waals surface area contributed by atoms with Crippen LogP contribution < -0.4 is 10.2 Å². The Kier molecular flexibility index (Phi) is 5.57. The molecular formula is C14H25N5O2S. The van der Waals surface area contributed by atoms with Crippen LogP contribution in [0.15, 0.2) is 12.3 Å².